The Balaban J connectivity index is 0.00000225. The van der Waals surface area contributed by atoms with E-state index < -0.39 is 7.72 Å². The van der Waals surface area contributed by atoms with Crippen molar-refractivity contribution >= 4 is 42.7 Å². The summed E-state index contributed by atoms with van der Waals surface area (Å²) in [4.78, 5) is 23.5. The monoisotopic (exact) mass is 253 g/mol. The number of rotatable bonds is 4. The first-order chi connectivity index (χ1) is 7.00. The maximum atomic E-state index is 9.27. The molecule has 0 aromatic heterocycles. The Bertz CT molecular complexity index is 338. The average Bonchev–Trinajstić information content (AvgIpc) is 2.18. The van der Waals surface area contributed by atoms with Crippen molar-refractivity contribution in [3.63, 3.8) is 0 Å². The number of oxime groups is 1. The van der Waals surface area contributed by atoms with Crippen LogP contribution in [-0.2, 0) is 11.4 Å². The van der Waals surface area contributed by atoms with Crippen LogP contribution in [0.4, 0.5) is 0 Å². The van der Waals surface area contributed by atoms with Crippen molar-refractivity contribution < 1.29 is 14.6 Å². The van der Waals surface area contributed by atoms with Crippen LogP contribution in [0.1, 0.15) is 12.5 Å². The van der Waals surface area contributed by atoms with Crippen LogP contribution < -0.4 is 0 Å². The van der Waals surface area contributed by atoms with Gasteiger partial charge in [0.05, 0.1) is 0 Å². The Morgan fingerprint density at radius 1 is 1.31 bits per heavy atom. The second-order valence-electron chi connectivity index (χ2n) is 3.46. The molecule has 0 heterocycles. The Labute approximate surface area is 118 Å². The first kappa shape index (κ1) is 16.0. The number of hydrogen-bond acceptors (Lipinski definition) is 4. The predicted octanol–water partition coefficient (Wildman–Crippen LogP) is 1.08. The van der Waals surface area contributed by atoms with E-state index in [9.17, 15) is 9.79 Å². The molecule has 6 heteroatoms. The van der Waals surface area contributed by atoms with Gasteiger partial charge in [-0.25, -0.2) is 0 Å². The van der Waals surface area contributed by atoms with Crippen LogP contribution in [0.5, 0.6) is 0 Å². The molecular formula is C10H17NNaO3P. The molecule has 1 aromatic rings. The summed E-state index contributed by atoms with van der Waals surface area (Å²) in [5.74, 6) is 0. The predicted molar refractivity (Wildman–Crippen MR) is 70.2 cm³/mol. The summed E-state index contributed by atoms with van der Waals surface area (Å²) in [5.41, 5.74) is 1.26. The van der Waals surface area contributed by atoms with Gasteiger partial charge >= 0.3 is 119 Å². The standard InChI is InChI=1S/C10H16NO3P.Na.H/c1-9(15(2,12)13)11-14-8-10-6-4-3-5-7-10;;/h3-7,12-13,15H,8H2,1-2H3;;. The summed E-state index contributed by atoms with van der Waals surface area (Å²) >= 11 is 0. The van der Waals surface area contributed by atoms with Crippen molar-refractivity contribution in [3.8, 4) is 0 Å². The van der Waals surface area contributed by atoms with Crippen molar-refractivity contribution in [3.05, 3.63) is 35.9 Å². The van der Waals surface area contributed by atoms with Crippen molar-refractivity contribution in [2.24, 2.45) is 5.16 Å². The van der Waals surface area contributed by atoms with Gasteiger partial charge in [0, 0.05) is 0 Å². The van der Waals surface area contributed by atoms with Gasteiger partial charge in [-0.1, -0.05) is 0 Å². The van der Waals surface area contributed by atoms with E-state index in [2.05, 4.69) is 5.16 Å². The molecular weight excluding hydrogens is 236 g/mol. The quantitative estimate of drug-likeness (QED) is 0.365. The van der Waals surface area contributed by atoms with Crippen LogP contribution in [0.3, 0.4) is 0 Å². The summed E-state index contributed by atoms with van der Waals surface area (Å²) in [7, 11) is -3.27. The first-order valence-electron chi connectivity index (χ1n) is 4.66. The zero-order valence-corrected chi connectivity index (χ0v) is 9.84. The number of nitrogens with zero attached hydrogens (tertiary/aromatic N) is 1. The molecule has 4 nitrogen and oxygen atoms in total. The molecule has 0 atom stereocenters. The molecule has 2 N–H and O–H groups in total. The fourth-order valence-corrected chi connectivity index (χ4v) is 1.10. The minimum absolute atomic E-state index is 0. The minimum atomic E-state index is -3.27. The zero-order valence-electron chi connectivity index (χ0n) is 8.84. The van der Waals surface area contributed by atoms with E-state index in [-0.39, 0.29) is 35.0 Å². The Hall–Kier alpha value is 0.0400. The second-order valence-corrected chi connectivity index (χ2v) is 6.22. The van der Waals surface area contributed by atoms with Gasteiger partial charge in [-0.05, 0) is 0 Å². The van der Waals surface area contributed by atoms with Gasteiger partial charge in [-0.15, -0.1) is 0 Å². The van der Waals surface area contributed by atoms with E-state index in [1.165, 1.54) is 6.66 Å². The fraction of sp³-hybridized carbons (Fsp3) is 0.300. The molecule has 0 spiro atoms. The molecule has 0 aliphatic carbocycles. The van der Waals surface area contributed by atoms with Crippen molar-refractivity contribution in [1.29, 1.82) is 0 Å². The fourth-order valence-electron chi connectivity index (χ4n) is 0.864. The van der Waals surface area contributed by atoms with Gasteiger partial charge in [-0.2, -0.15) is 0 Å². The van der Waals surface area contributed by atoms with Gasteiger partial charge in [0.2, 0.25) is 0 Å². The van der Waals surface area contributed by atoms with E-state index in [1.807, 2.05) is 30.3 Å². The normalized spacial score (nSPS) is 12.9. The summed E-state index contributed by atoms with van der Waals surface area (Å²) < 4.78 is 0. The van der Waals surface area contributed by atoms with E-state index in [1.54, 1.807) is 6.92 Å². The molecule has 0 unspecified atom stereocenters. The zero-order chi connectivity index (χ0) is 11.3. The summed E-state index contributed by atoms with van der Waals surface area (Å²) in [5, 5.41) is 3.67. The van der Waals surface area contributed by atoms with Gasteiger partial charge in [0.25, 0.3) is 0 Å². The van der Waals surface area contributed by atoms with Crippen LogP contribution in [0.15, 0.2) is 35.5 Å². The average molecular weight is 253 g/mol. The van der Waals surface area contributed by atoms with E-state index in [4.69, 9.17) is 4.84 Å². The second kappa shape index (κ2) is 7.38. The molecule has 0 saturated heterocycles. The molecule has 16 heavy (non-hydrogen) atoms. The summed E-state index contributed by atoms with van der Waals surface area (Å²) in [6.45, 7) is 3.26. The molecule has 0 amide bonds. The molecule has 0 aliphatic rings. The third kappa shape index (κ3) is 5.94. The summed E-state index contributed by atoms with van der Waals surface area (Å²) in [6, 6.07) is 9.57. The molecule has 1 aromatic carbocycles. The van der Waals surface area contributed by atoms with E-state index in [0.29, 0.717) is 6.61 Å². The molecule has 0 fully saturated rings. The molecule has 0 saturated carbocycles. The van der Waals surface area contributed by atoms with Gasteiger partial charge in [0.1, 0.15) is 0 Å². The third-order valence-electron chi connectivity index (χ3n) is 1.96. The number of benzene rings is 1. The van der Waals surface area contributed by atoms with Crippen molar-refractivity contribution in [1.82, 2.24) is 0 Å². The summed E-state index contributed by atoms with van der Waals surface area (Å²) in [6.07, 6.45) is 0. The first-order valence-corrected chi connectivity index (χ1v) is 7.05. The molecule has 1 rings (SSSR count). The topological polar surface area (TPSA) is 62.0 Å². The van der Waals surface area contributed by atoms with Crippen LogP contribution in [0.2, 0.25) is 0 Å². The molecule has 0 bridgehead atoms. The van der Waals surface area contributed by atoms with Gasteiger partial charge in [-0.3, -0.25) is 0 Å². The third-order valence-corrected chi connectivity index (χ3v) is 3.42. The van der Waals surface area contributed by atoms with Gasteiger partial charge in [0.15, 0.2) is 0 Å². The Morgan fingerprint density at radius 3 is 2.38 bits per heavy atom. The molecule has 0 aliphatic heterocycles. The van der Waals surface area contributed by atoms with E-state index >= 15 is 0 Å². The van der Waals surface area contributed by atoms with Crippen molar-refractivity contribution in [2.45, 2.75) is 13.5 Å². The Morgan fingerprint density at radius 2 is 1.88 bits per heavy atom. The van der Waals surface area contributed by atoms with Crippen LogP contribution in [-0.4, -0.2) is 51.5 Å². The van der Waals surface area contributed by atoms with Gasteiger partial charge < -0.3 is 0 Å². The van der Waals surface area contributed by atoms with E-state index in [0.717, 1.165) is 5.56 Å². The molecule has 0 radical (unpaired) electrons. The Kier molecular flexibility index (Phi) is 7.40. The van der Waals surface area contributed by atoms with Crippen LogP contribution >= 0.6 is 7.72 Å². The number of hydrogen-bond donors (Lipinski definition) is 2. The van der Waals surface area contributed by atoms with Crippen LogP contribution in [0.25, 0.3) is 0 Å². The molecule has 86 valence electrons. The SMILES string of the molecule is CC(=NOCc1ccccc1)[PH](C)(O)O.[NaH]. The van der Waals surface area contributed by atoms with Crippen LogP contribution in [0, 0.1) is 0 Å². The maximum absolute atomic E-state index is 9.27. The van der Waals surface area contributed by atoms with Crippen molar-refractivity contribution in [2.75, 3.05) is 6.66 Å².